The van der Waals surface area contributed by atoms with Crippen molar-refractivity contribution >= 4 is 37.3 Å². The molecule has 3 fully saturated rings. The maximum absolute atomic E-state index is 7.67. The van der Waals surface area contributed by atoms with Crippen molar-refractivity contribution in [3.05, 3.63) is 123 Å². The summed E-state index contributed by atoms with van der Waals surface area (Å²) in [4.78, 5) is 7.46. The average Bonchev–Trinajstić information content (AvgIpc) is 4.25. The predicted molar refractivity (Wildman–Crippen MR) is 299 cm³/mol. The van der Waals surface area contributed by atoms with E-state index in [2.05, 4.69) is 168 Å². The van der Waals surface area contributed by atoms with E-state index in [1.165, 1.54) is 38.5 Å². The average molecular weight is 1030 g/mol. The van der Waals surface area contributed by atoms with Crippen LogP contribution in [0.4, 0.5) is 11.4 Å². The third kappa shape index (κ3) is 11.0. The van der Waals surface area contributed by atoms with Gasteiger partial charge < -0.3 is 14.2 Å². The molecule has 0 aromatic heterocycles. The van der Waals surface area contributed by atoms with Gasteiger partial charge in [-0.3, -0.25) is 0 Å². The quantitative estimate of drug-likeness (QED) is 0.162. The van der Waals surface area contributed by atoms with Crippen LogP contribution in [0.15, 0.2) is 78.9 Å². The first-order chi connectivity index (χ1) is 34.9. The number of nitrogens with one attached hydrogen (secondary N) is 2. The summed E-state index contributed by atoms with van der Waals surface area (Å²) < 4.78 is 52.4. The Morgan fingerprint density at radius 1 is 0.413 bits per heavy atom. The van der Waals surface area contributed by atoms with Crippen LogP contribution in [-0.4, -0.2) is 60.4 Å². The Labute approximate surface area is 460 Å². The van der Waals surface area contributed by atoms with Crippen molar-refractivity contribution in [1.82, 2.24) is 0 Å². The van der Waals surface area contributed by atoms with E-state index < -0.39 is 8.33 Å². The fourth-order valence-corrected chi connectivity index (χ4v) is 14.4. The minimum Gasteiger partial charge on any atom is 1.00 e. The normalized spacial score (nSPS) is 19.3. The predicted octanol–water partition coefficient (Wildman–Crippen LogP) is 8.22. The summed E-state index contributed by atoms with van der Waals surface area (Å²) in [5, 5.41) is 0.725. The zero-order valence-corrected chi connectivity index (χ0v) is 48.9. The van der Waals surface area contributed by atoms with Crippen LogP contribution < -0.4 is 56.5 Å². The molecule has 0 saturated carbocycles. The molecule has 0 amide bonds. The van der Waals surface area contributed by atoms with Crippen molar-refractivity contribution in [1.29, 1.82) is 0 Å². The monoisotopic (exact) mass is 1030 g/mol. The fraction of sp³-hybridized carbons (Fsp3) is 0.492. The molecule has 7 heterocycles. The molecule has 0 unspecified atom stereocenters. The SMILES string of the molecule is C1CCOC1.C1CCOC1.C1CCOC1.CC(C)(C)c1cc(C(C)(C)C)c2c3c1C=[NH+]c1cccc4c1Oc1c(cccc1C4(C)C)[NH+]=Cc1c(C(C)(C)C)cc(C(C)(C)C)c4c1O[Si-](c1ccccc1)(O2)(O4)O3.[Li+]. The number of para-hydroxylation sites is 2. The molecule has 7 aliphatic heterocycles. The van der Waals surface area contributed by atoms with Gasteiger partial charge in [0.2, 0.25) is 0 Å². The molecular weight excluding hydrogens is 948 g/mol. The molecule has 75 heavy (non-hydrogen) atoms. The standard InChI is InChI=1S/C51H57N2O5Si.3C4H8O.Li/c1-47(2,3)35-26-37(49(7,8)9)45-41-31(35)28-52-39-24-18-22-33-43(39)54-44-34(51(33,13)14)23-19-25-40(44)53-29-32-36(48(4,5)6)27-38(50(10,11)12)46-42(32)56-59(55-41,57-45,58-46)30-20-16-15-17-21-30;3*1-2-4-5-3-1;/h15-29H,1-14H3;3*1-4H2;/q-1;;;;+1/p+2. The van der Waals surface area contributed by atoms with E-state index in [-0.39, 0.29) is 45.9 Å². The molecule has 0 aliphatic carbocycles. The number of hydrogen-bond donors (Lipinski definition) is 2. The van der Waals surface area contributed by atoms with Crippen molar-refractivity contribution in [2.75, 3.05) is 39.6 Å². The number of rotatable bonds is 1. The molecule has 5 aromatic rings. The van der Waals surface area contributed by atoms with Gasteiger partial charge >= 0.3 is 370 Å². The number of ether oxygens (including phenoxy) is 4. The van der Waals surface area contributed by atoms with Gasteiger partial charge in [-0.1, -0.05) is 0 Å². The Kier molecular flexibility index (Phi) is 15.9. The summed E-state index contributed by atoms with van der Waals surface area (Å²) in [6.07, 6.45) is 11.8. The van der Waals surface area contributed by atoms with Crippen LogP contribution in [0.25, 0.3) is 0 Å². The third-order valence-corrected chi connectivity index (χ3v) is 18.4. The smallest absolute Gasteiger partial charge is 1.00 e. The van der Waals surface area contributed by atoms with E-state index in [0.717, 1.165) is 112 Å². The molecular formula is C63H83LiN2O8Si+2. The molecule has 7 aliphatic rings. The van der Waals surface area contributed by atoms with Gasteiger partial charge in [0.05, 0.1) is 0 Å². The van der Waals surface area contributed by atoms with Crippen LogP contribution in [0.3, 0.4) is 0 Å². The summed E-state index contributed by atoms with van der Waals surface area (Å²) in [5.74, 6) is 4.04. The maximum atomic E-state index is 7.67. The van der Waals surface area contributed by atoms with Gasteiger partial charge in [-0.2, -0.15) is 0 Å². The van der Waals surface area contributed by atoms with Gasteiger partial charge in [-0.25, -0.2) is 0 Å². The zero-order chi connectivity index (χ0) is 52.9. The fourth-order valence-electron chi connectivity index (χ4n) is 10.7. The van der Waals surface area contributed by atoms with E-state index in [0.29, 0.717) is 23.0 Å². The number of hydrogen-bond acceptors (Lipinski definition) is 8. The maximum Gasteiger partial charge on any atom is 1.00 e. The van der Waals surface area contributed by atoms with E-state index in [1.54, 1.807) is 0 Å². The Balaban J connectivity index is 0.000000401. The first-order valence-corrected chi connectivity index (χ1v) is 29.4. The van der Waals surface area contributed by atoms with Gasteiger partial charge in [0, 0.05) is 39.6 Å². The van der Waals surface area contributed by atoms with Crippen LogP contribution in [0.1, 0.15) is 180 Å². The first-order valence-electron chi connectivity index (χ1n) is 27.2. The Morgan fingerprint density at radius 2 is 0.760 bits per heavy atom. The summed E-state index contributed by atoms with van der Waals surface area (Å²) in [6.45, 7) is 37.3. The minimum absolute atomic E-state index is 0. The van der Waals surface area contributed by atoms with Gasteiger partial charge in [-0.05, 0) is 38.5 Å². The topological polar surface area (TPSA) is 102 Å². The second-order valence-electron chi connectivity index (χ2n) is 25.4. The van der Waals surface area contributed by atoms with E-state index in [9.17, 15) is 0 Å². The third-order valence-electron chi connectivity index (χ3n) is 14.9. The summed E-state index contributed by atoms with van der Waals surface area (Å²) in [6, 6.07) is 27.3. The summed E-state index contributed by atoms with van der Waals surface area (Å²) in [7, 11) is -5.22. The molecule has 0 radical (unpaired) electrons. The van der Waals surface area contributed by atoms with Gasteiger partial charge in [0.1, 0.15) is 0 Å². The van der Waals surface area contributed by atoms with Crippen molar-refractivity contribution < 1.29 is 65.5 Å². The van der Waals surface area contributed by atoms with Crippen LogP contribution >= 0.6 is 0 Å². The van der Waals surface area contributed by atoms with E-state index >= 15 is 0 Å². The Hall–Kier alpha value is -4.87. The minimum atomic E-state index is -5.22. The molecule has 396 valence electrons. The molecule has 10 nitrogen and oxygen atoms in total. The zero-order valence-electron chi connectivity index (χ0n) is 47.9. The molecule has 12 heteroatoms. The van der Waals surface area contributed by atoms with Crippen LogP contribution in [-0.2, 0) is 41.3 Å². The molecule has 1 spiro atoms. The van der Waals surface area contributed by atoms with E-state index in [4.69, 9.17) is 36.7 Å². The molecule has 0 atom stereocenters. The molecule has 2 N–H and O–H groups in total. The van der Waals surface area contributed by atoms with Gasteiger partial charge in [0.15, 0.2) is 0 Å². The van der Waals surface area contributed by atoms with Crippen molar-refractivity contribution in [2.24, 2.45) is 0 Å². The first kappa shape index (κ1) is 56.3. The molecule has 5 bridgehead atoms. The molecule has 5 aromatic carbocycles. The Bertz CT molecular complexity index is 2740. The molecule has 12 rings (SSSR count). The van der Waals surface area contributed by atoms with Crippen molar-refractivity contribution in [2.45, 2.75) is 163 Å². The Morgan fingerprint density at radius 3 is 1.08 bits per heavy atom. The van der Waals surface area contributed by atoms with Gasteiger partial charge in [-0.15, -0.1) is 0 Å². The largest absolute Gasteiger partial charge is 1.00 e. The second-order valence-corrected chi connectivity index (χ2v) is 28.6. The van der Waals surface area contributed by atoms with Crippen molar-refractivity contribution in [3.8, 4) is 34.5 Å². The van der Waals surface area contributed by atoms with Crippen LogP contribution in [0.5, 0.6) is 34.5 Å². The molecule has 3 saturated heterocycles. The summed E-state index contributed by atoms with van der Waals surface area (Å²) >= 11 is 0. The van der Waals surface area contributed by atoms with Crippen molar-refractivity contribution in [3.63, 3.8) is 0 Å². The van der Waals surface area contributed by atoms with E-state index in [1.807, 2.05) is 30.3 Å². The van der Waals surface area contributed by atoms with Crippen LogP contribution in [0, 0.1) is 0 Å². The van der Waals surface area contributed by atoms with Crippen LogP contribution in [0.2, 0.25) is 0 Å². The summed E-state index contributed by atoms with van der Waals surface area (Å²) in [5.41, 5.74) is 8.28. The van der Waals surface area contributed by atoms with Gasteiger partial charge in [0.25, 0.3) is 0 Å². The second kappa shape index (κ2) is 21.2. The number of benzene rings is 5.